The number of aromatic nitrogens is 2. The second-order valence-corrected chi connectivity index (χ2v) is 4.43. The number of ether oxygens (including phenoxy) is 1. The zero-order valence-electron chi connectivity index (χ0n) is 9.69. The predicted molar refractivity (Wildman–Crippen MR) is 67.1 cm³/mol. The van der Waals surface area contributed by atoms with Crippen molar-refractivity contribution in [2.75, 3.05) is 30.5 Å². The highest BCUT2D eigenvalue weighted by atomic mass is 35.5. The van der Waals surface area contributed by atoms with Crippen LogP contribution in [0, 0.1) is 0 Å². The van der Waals surface area contributed by atoms with Gasteiger partial charge in [-0.2, -0.15) is 4.98 Å². The van der Waals surface area contributed by atoms with E-state index in [1.807, 2.05) is 11.9 Å². The van der Waals surface area contributed by atoms with Crippen LogP contribution >= 0.6 is 11.6 Å². The molecule has 2 heterocycles. The Balaban J connectivity index is 2.08. The van der Waals surface area contributed by atoms with Gasteiger partial charge in [-0.15, -0.1) is 0 Å². The van der Waals surface area contributed by atoms with Crippen molar-refractivity contribution < 1.29 is 4.74 Å². The van der Waals surface area contributed by atoms with Crippen molar-refractivity contribution in [1.82, 2.24) is 9.97 Å². The maximum absolute atomic E-state index is 6.06. The average Bonchev–Trinajstić information content (AvgIpc) is 2.82. The summed E-state index contributed by atoms with van der Waals surface area (Å²) >= 11 is 6.06. The minimum absolute atomic E-state index is 0.250. The van der Waals surface area contributed by atoms with Gasteiger partial charge < -0.3 is 9.64 Å². The summed E-state index contributed by atoms with van der Waals surface area (Å²) in [5.41, 5.74) is 2.40. The summed E-state index contributed by atoms with van der Waals surface area (Å²) in [6.45, 7) is 1.60. The minimum atomic E-state index is 0.250. The second-order valence-electron chi connectivity index (χ2n) is 4.03. The molecule has 1 aromatic heterocycles. The van der Waals surface area contributed by atoms with Crippen molar-refractivity contribution >= 4 is 23.4 Å². The standard InChI is InChI=1S/C10H16ClN5O/c1-16(6-7-3-2-4-17-7)9-8(11)5-13-10(14-9)15-12/h5,7H,2-4,6,12H2,1H3,(H,13,14,15). The van der Waals surface area contributed by atoms with Crippen LogP contribution in [0.15, 0.2) is 6.20 Å². The van der Waals surface area contributed by atoms with Gasteiger partial charge in [0, 0.05) is 20.2 Å². The Bertz CT molecular complexity index is 383. The summed E-state index contributed by atoms with van der Waals surface area (Å²) < 4.78 is 5.57. The molecule has 2 rings (SSSR count). The van der Waals surface area contributed by atoms with Crippen molar-refractivity contribution in [3.63, 3.8) is 0 Å². The fourth-order valence-corrected chi connectivity index (χ4v) is 2.11. The topological polar surface area (TPSA) is 76.3 Å². The molecular formula is C10H16ClN5O. The number of nitrogens with two attached hydrogens (primary N) is 1. The van der Waals surface area contributed by atoms with Crippen LogP contribution in [0.3, 0.4) is 0 Å². The van der Waals surface area contributed by atoms with E-state index < -0.39 is 0 Å². The molecule has 94 valence electrons. The molecule has 6 nitrogen and oxygen atoms in total. The molecular weight excluding hydrogens is 242 g/mol. The summed E-state index contributed by atoms with van der Waals surface area (Å²) in [6.07, 6.45) is 3.98. The SMILES string of the molecule is CN(CC1CCCO1)c1nc(NN)ncc1Cl. The fraction of sp³-hybridized carbons (Fsp3) is 0.600. The highest BCUT2D eigenvalue weighted by Crippen LogP contribution is 2.24. The number of nitrogen functional groups attached to an aromatic ring is 1. The molecule has 0 bridgehead atoms. The van der Waals surface area contributed by atoms with Gasteiger partial charge in [0.05, 0.1) is 12.3 Å². The van der Waals surface area contributed by atoms with Crippen molar-refractivity contribution in [2.24, 2.45) is 5.84 Å². The molecule has 0 aromatic carbocycles. The normalized spacial score (nSPS) is 19.4. The van der Waals surface area contributed by atoms with E-state index in [0.29, 0.717) is 16.8 Å². The summed E-state index contributed by atoms with van der Waals surface area (Å²) in [5, 5.41) is 0.504. The van der Waals surface area contributed by atoms with Gasteiger partial charge in [0.2, 0.25) is 5.95 Å². The Morgan fingerprint density at radius 2 is 2.53 bits per heavy atom. The number of rotatable bonds is 4. The van der Waals surface area contributed by atoms with E-state index in [0.717, 1.165) is 26.0 Å². The van der Waals surface area contributed by atoms with Gasteiger partial charge in [0.25, 0.3) is 0 Å². The van der Waals surface area contributed by atoms with Gasteiger partial charge in [-0.3, -0.25) is 5.43 Å². The van der Waals surface area contributed by atoms with E-state index >= 15 is 0 Å². The molecule has 1 saturated heterocycles. The van der Waals surface area contributed by atoms with Gasteiger partial charge in [-0.05, 0) is 12.8 Å². The Kier molecular flexibility index (Phi) is 3.98. The maximum atomic E-state index is 6.06. The molecule has 3 N–H and O–H groups in total. The van der Waals surface area contributed by atoms with Crippen molar-refractivity contribution in [3.8, 4) is 0 Å². The number of nitrogens with zero attached hydrogens (tertiary/aromatic N) is 3. The lowest BCUT2D eigenvalue weighted by Gasteiger charge is -2.22. The number of anilines is 2. The van der Waals surface area contributed by atoms with Crippen LogP contribution in [0.4, 0.5) is 11.8 Å². The van der Waals surface area contributed by atoms with Crippen LogP contribution in [0.2, 0.25) is 5.02 Å². The van der Waals surface area contributed by atoms with E-state index in [1.54, 1.807) is 0 Å². The van der Waals surface area contributed by atoms with Crippen LogP contribution in [0.5, 0.6) is 0 Å². The molecule has 1 aromatic rings. The van der Waals surface area contributed by atoms with Gasteiger partial charge in [-0.1, -0.05) is 11.6 Å². The quantitative estimate of drug-likeness (QED) is 0.620. The van der Waals surface area contributed by atoms with E-state index in [1.165, 1.54) is 6.20 Å². The summed E-state index contributed by atoms with van der Waals surface area (Å²) in [4.78, 5) is 10.1. The highest BCUT2D eigenvalue weighted by molar-refractivity contribution is 6.32. The van der Waals surface area contributed by atoms with E-state index in [9.17, 15) is 0 Å². The van der Waals surface area contributed by atoms with Crippen LogP contribution in [0.25, 0.3) is 0 Å². The second kappa shape index (κ2) is 5.48. The molecule has 0 saturated carbocycles. The molecule has 1 unspecified atom stereocenters. The Morgan fingerprint density at radius 1 is 1.71 bits per heavy atom. The summed E-state index contributed by atoms with van der Waals surface area (Å²) in [7, 11) is 1.93. The highest BCUT2D eigenvalue weighted by Gasteiger charge is 2.19. The third kappa shape index (κ3) is 2.96. The van der Waals surface area contributed by atoms with Crippen LogP contribution in [-0.2, 0) is 4.74 Å². The number of hydrogen-bond donors (Lipinski definition) is 2. The summed E-state index contributed by atoms with van der Waals surface area (Å²) in [5.74, 6) is 6.28. The van der Waals surface area contributed by atoms with Gasteiger partial charge >= 0.3 is 0 Å². The van der Waals surface area contributed by atoms with Gasteiger partial charge in [0.1, 0.15) is 5.02 Å². The number of halogens is 1. The number of hydrogen-bond acceptors (Lipinski definition) is 6. The van der Waals surface area contributed by atoms with E-state index in [-0.39, 0.29) is 6.10 Å². The van der Waals surface area contributed by atoms with Crippen molar-refractivity contribution in [2.45, 2.75) is 18.9 Å². The number of likely N-dealkylation sites (N-methyl/N-ethyl adjacent to an activating group) is 1. The van der Waals surface area contributed by atoms with Crippen LogP contribution in [0.1, 0.15) is 12.8 Å². The van der Waals surface area contributed by atoms with Crippen molar-refractivity contribution in [1.29, 1.82) is 0 Å². The van der Waals surface area contributed by atoms with Crippen molar-refractivity contribution in [3.05, 3.63) is 11.2 Å². The molecule has 0 radical (unpaired) electrons. The zero-order valence-corrected chi connectivity index (χ0v) is 10.4. The van der Waals surface area contributed by atoms with Gasteiger partial charge in [-0.25, -0.2) is 10.8 Å². The maximum Gasteiger partial charge on any atom is 0.239 e. The minimum Gasteiger partial charge on any atom is -0.376 e. The zero-order chi connectivity index (χ0) is 12.3. The molecule has 7 heteroatoms. The molecule has 1 aliphatic rings. The Hall–Kier alpha value is -1.11. The lowest BCUT2D eigenvalue weighted by atomic mass is 10.2. The van der Waals surface area contributed by atoms with Crippen LogP contribution < -0.4 is 16.2 Å². The van der Waals surface area contributed by atoms with Gasteiger partial charge in [0.15, 0.2) is 5.82 Å². The first kappa shape index (κ1) is 12.3. The lowest BCUT2D eigenvalue weighted by molar-refractivity contribution is 0.116. The molecule has 0 aliphatic carbocycles. The molecule has 1 fully saturated rings. The fourth-order valence-electron chi connectivity index (χ4n) is 1.88. The molecule has 0 spiro atoms. The van der Waals surface area contributed by atoms with E-state index in [2.05, 4.69) is 15.4 Å². The Morgan fingerprint density at radius 3 is 3.18 bits per heavy atom. The first-order valence-electron chi connectivity index (χ1n) is 5.52. The third-order valence-corrected chi connectivity index (χ3v) is 2.98. The lowest BCUT2D eigenvalue weighted by Crippen LogP contribution is -2.29. The molecule has 17 heavy (non-hydrogen) atoms. The third-order valence-electron chi connectivity index (χ3n) is 2.72. The molecule has 1 aliphatic heterocycles. The molecule has 1 atom stereocenters. The number of hydrazine groups is 1. The number of nitrogens with one attached hydrogen (secondary N) is 1. The summed E-state index contributed by atoms with van der Waals surface area (Å²) in [6, 6.07) is 0. The average molecular weight is 258 g/mol. The first-order chi connectivity index (χ1) is 8.20. The first-order valence-corrected chi connectivity index (χ1v) is 5.90. The molecule has 0 amide bonds. The van der Waals surface area contributed by atoms with Crippen LogP contribution in [-0.4, -0.2) is 36.3 Å². The van der Waals surface area contributed by atoms with E-state index in [4.69, 9.17) is 22.2 Å². The largest absolute Gasteiger partial charge is 0.376 e. The smallest absolute Gasteiger partial charge is 0.239 e. The Labute approximate surface area is 105 Å². The predicted octanol–water partition coefficient (Wildman–Crippen LogP) is 1.03. The monoisotopic (exact) mass is 257 g/mol.